The van der Waals surface area contributed by atoms with Gasteiger partial charge in [0.1, 0.15) is 6.10 Å². The Balaban J connectivity index is 2.00. The minimum Gasteiger partial charge on any atom is -0.390 e. The van der Waals surface area contributed by atoms with E-state index in [4.69, 9.17) is 18.9 Å². The molecule has 3 unspecified atom stereocenters. The standard InChI is InChI=1S/C13H26O5/c1-3-4-5-16-7-9-17-12-10-11(14)13(12)18-8-6-15-2/h11-14H,3-10H2,1-2H3. The molecule has 1 saturated carbocycles. The Hall–Kier alpha value is -0.200. The van der Waals surface area contributed by atoms with E-state index in [9.17, 15) is 5.11 Å². The zero-order chi connectivity index (χ0) is 13.2. The lowest BCUT2D eigenvalue weighted by atomic mass is 9.88. The molecule has 0 aromatic heterocycles. The lowest BCUT2D eigenvalue weighted by molar-refractivity contribution is -0.198. The van der Waals surface area contributed by atoms with Crippen LogP contribution in [0.15, 0.2) is 0 Å². The van der Waals surface area contributed by atoms with E-state index in [0.717, 1.165) is 19.4 Å². The van der Waals surface area contributed by atoms with Crippen LogP contribution in [0.4, 0.5) is 0 Å². The molecule has 108 valence electrons. The first-order valence-corrected chi connectivity index (χ1v) is 6.77. The fourth-order valence-corrected chi connectivity index (χ4v) is 1.81. The molecule has 0 spiro atoms. The van der Waals surface area contributed by atoms with E-state index in [0.29, 0.717) is 32.8 Å². The highest BCUT2D eigenvalue weighted by Crippen LogP contribution is 2.27. The number of ether oxygens (including phenoxy) is 4. The molecule has 1 N–H and O–H groups in total. The van der Waals surface area contributed by atoms with Crippen molar-refractivity contribution in [2.45, 2.75) is 44.5 Å². The Bertz CT molecular complexity index is 200. The average molecular weight is 262 g/mol. The Labute approximate surface area is 109 Å². The Morgan fingerprint density at radius 1 is 1.06 bits per heavy atom. The molecule has 18 heavy (non-hydrogen) atoms. The van der Waals surface area contributed by atoms with Gasteiger partial charge < -0.3 is 24.1 Å². The summed E-state index contributed by atoms with van der Waals surface area (Å²) in [6, 6.07) is 0. The second-order valence-corrected chi connectivity index (χ2v) is 4.51. The van der Waals surface area contributed by atoms with Crippen molar-refractivity contribution in [3.8, 4) is 0 Å². The van der Waals surface area contributed by atoms with E-state index in [1.165, 1.54) is 0 Å². The van der Waals surface area contributed by atoms with Gasteiger partial charge in [-0.3, -0.25) is 0 Å². The van der Waals surface area contributed by atoms with E-state index in [1.807, 2.05) is 0 Å². The number of unbranched alkanes of at least 4 members (excludes halogenated alkanes) is 1. The van der Waals surface area contributed by atoms with Crippen molar-refractivity contribution in [1.82, 2.24) is 0 Å². The molecule has 0 radical (unpaired) electrons. The van der Waals surface area contributed by atoms with Crippen LogP contribution in [0.5, 0.6) is 0 Å². The number of aliphatic hydroxyl groups excluding tert-OH is 1. The number of methoxy groups -OCH3 is 1. The van der Waals surface area contributed by atoms with Crippen molar-refractivity contribution in [2.24, 2.45) is 0 Å². The van der Waals surface area contributed by atoms with Gasteiger partial charge in [-0.25, -0.2) is 0 Å². The molecule has 1 fully saturated rings. The lowest BCUT2D eigenvalue weighted by Crippen LogP contribution is -2.54. The first-order valence-electron chi connectivity index (χ1n) is 6.77. The van der Waals surface area contributed by atoms with E-state index in [-0.39, 0.29) is 12.2 Å². The maximum absolute atomic E-state index is 9.57. The van der Waals surface area contributed by atoms with Gasteiger partial charge in [0, 0.05) is 20.1 Å². The van der Waals surface area contributed by atoms with Crippen molar-refractivity contribution in [2.75, 3.05) is 40.1 Å². The van der Waals surface area contributed by atoms with Crippen LogP contribution in [0.2, 0.25) is 0 Å². The Morgan fingerprint density at radius 3 is 2.50 bits per heavy atom. The third-order valence-corrected chi connectivity index (χ3v) is 3.02. The highest BCUT2D eigenvalue weighted by molar-refractivity contribution is 4.91. The van der Waals surface area contributed by atoms with Crippen molar-refractivity contribution < 1.29 is 24.1 Å². The lowest BCUT2D eigenvalue weighted by Gasteiger charge is -2.40. The number of rotatable bonds is 11. The molecule has 0 heterocycles. The van der Waals surface area contributed by atoms with Gasteiger partial charge >= 0.3 is 0 Å². The molecule has 0 aliphatic heterocycles. The molecule has 0 amide bonds. The molecule has 0 saturated heterocycles. The van der Waals surface area contributed by atoms with Gasteiger partial charge in [0.2, 0.25) is 0 Å². The zero-order valence-electron chi connectivity index (χ0n) is 11.5. The summed E-state index contributed by atoms with van der Waals surface area (Å²) in [5, 5.41) is 9.57. The molecule has 1 aliphatic rings. The van der Waals surface area contributed by atoms with Gasteiger partial charge in [-0.2, -0.15) is 0 Å². The third-order valence-electron chi connectivity index (χ3n) is 3.02. The largest absolute Gasteiger partial charge is 0.390 e. The van der Waals surface area contributed by atoms with Crippen LogP contribution in [0, 0.1) is 0 Å². The minimum absolute atomic E-state index is 0.00775. The second kappa shape index (κ2) is 9.69. The molecule has 5 nitrogen and oxygen atoms in total. The summed E-state index contributed by atoms with van der Waals surface area (Å²) in [6.07, 6.45) is 2.25. The van der Waals surface area contributed by atoms with E-state index in [2.05, 4.69) is 6.92 Å². The molecule has 0 bridgehead atoms. The first-order chi connectivity index (χ1) is 8.79. The van der Waals surface area contributed by atoms with Crippen LogP contribution in [0.1, 0.15) is 26.2 Å². The first kappa shape index (κ1) is 15.9. The highest BCUT2D eigenvalue weighted by Gasteiger charge is 2.41. The van der Waals surface area contributed by atoms with E-state index < -0.39 is 6.10 Å². The maximum Gasteiger partial charge on any atom is 0.110 e. The van der Waals surface area contributed by atoms with Gasteiger partial charge in [-0.1, -0.05) is 13.3 Å². The molecular formula is C13H26O5. The minimum atomic E-state index is -0.409. The van der Waals surface area contributed by atoms with Crippen molar-refractivity contribution >= 4 is 0 Å². The summed E-state index contributed by atoms with van der Waals surface area (Å²) >= 11 is 0. The molecule has 0 aromatic carbocycles. The predicted octanol–water partition coefficient (Wildman–Crippen LogP) is 0.984. The summed E-state index contributed by atoms with van der Waals surface area (Å²) in [5.74, 6) is 0. The zero-order valence-corrected chi connectivity index (χ0v) is 11.5. The van der Waals surface area contributed by atoms with Crippen LogP contribution >= 0.6 is 0 Å². The van der Waals surface area contributed by atoms with Gasteiger partial charge in [0.15, 0.2) is 0 Å². The van der Waals surface area contributed by atoms with Crippen LogP contribution in [-0.2, 0) is 18.9 Å². The van der Waals surface area contributed by atoms with Crippen LogP contribution < -0.4 is 0 Å². The molecule has 1 aliphatic carbocycles. The average Bonchev–Trinajstić information content (AvgIpc) is 2.37. The normalized spacial score (nSPS) is 27.2. The fraction of sp³-hybridized carbons (Fsp3) is 1.00. The Kier molecular flexibility index (Phi) is 8.54. The molecular weight excluding hydrogens is 236 g/mol. The smallest absolute Gasteiger partial charge is 0.110 e. The molecule has 1 rings (SSSR count). The van der Waals surface area contributed by atoms with Crippen LogP contribution in [-0.4, -0.2) is 63.6 Å². The summed E-state index contributed by atoms with van der Waals surface area (Å²) in [6.45, 7) is 5.13. The number of aliphatic hydroxyl groups is 1. The second-order valence-electron chi connectivity index (χ2n) is 4.51. The quantitative estimate of drug-likeness (QED) is 0.563. The number of hydrogen-bond acceptors (Lipinski definition) is 5. The number of hydrogen-bond donors (Lipinski definition) is 1. The Morgan fingerprint density at radius 2 is 1.83 bits per heavy atom. The van der Waals surface area contributed by atoms with Crippen LogP contribution in [0.25, 0.3) is 0 Å². The third kappa shape index (κ3) is 5.63. The molecule has 5 heteroatoms. The fourth-order valence-electron chi connectivity index (χ4n) is 1.81. The monoisotopic (exact) mass is 262 g/mol. The van der Waals surface area contributed by atoms with E-state index >= 15 is 0 Å². The highest BCUT2D eigenvalue weighted by atomic mass is 16.6. The molecule has 0 aromatic rings. The van der Waals surface area contributed by atoms with E-state index in [1.54, 1.807) is 7.11 Å². The van der Waals surface area contributed by atoms with Gasteiger partial charge in [-0.15, -0.1) is 0 Å². The van der Waals surface area contributed by atoms with Crippen molar-refractivity contribution in [3.63, 3.8) is 0 Å². The van der Waals surface area contributed by atoms with Crippen molar-refractivity contribution in [1.29, 1.82) is 0 Å². The summed E-state index contributed by atoms with van der Waals surface area (Å²) in [7, 11) is 1.63. The predicted molar refractivity (Wildman–Crippen MR) is 67.7 cm³/mol. The summed E-state index contributed by atoms with van der Waals surface area (Å²) in [4.78, 5) is 0. The summed E-state index contributed by atoms with van der Waals surface area (Å²) < 4.78 is 21.4. The van der Waals surface area contributed by atoms with Crippen LogP contribution in [0.3, 0.4) is 0 Å². The summed E-state index contributed by atoms with van der Waals surface area (Å²) in [5.41, 5.74) is 0. The SMILES string of the molecule is CCCCOCCOC1CC(O)C1OCCOC. The molecule has 3 atom stereocenters. The topological polar surface area (TPSA) is 57.2 Å². The van der Waals surface area contributed by atoms with Gasteiger partial charge in [-0.05, 0) is 6.42 Å². The van der Waals surface area contributed by atoms with Gasteiger partial charge in [0.25, 0.3) is 0 Å². The maximum atomic E-state index is 9.57. The van der Waals surface area contributed by atoms with Gasteiger partial charge in [0.05, 0.1) is 38.6 Å². The van der Waals surface area contributed by atoms with Crippen molar-refractivity contribution in [3.05, 3.63) is 0 Å².